The molecule has 8 heteroatoms. The number of hydrogen-bond acceptors (Lipinski definition) is 5. The molecule has 1 N–H and O–H groups in total. The third kappa shape index (κ3) is 6.10. The van der Waals surface area contributed by atoms with Crippen LogP contribution < -0.4 is 5.32 Å². The van der Waals surface area contributed by atoms with E-state index in [2.05, 4.69) is 38.1 Å². The topological polar surface area (TPSA) is 76.9 Å². The number of carbonyl (C=O) groups excluding carboxylic acids is 2. The fourth-order valence-electron chi connectivity index (χ4n) is 2.29. The standard InChI is InChI=1S/C17H21IN4O2S/c1-3-22-16(5-4-10-19-12(2)23)20-21-17(22)25-11-15(24)13-6-8-14(18)9-7-13/h6-9H,3-5,10-11H2,1-2H3,(H,19,23). The van der Waals surface area contributed by atoms with E-state index in [4.69, 9.17) is 0 Å². The average Bonchev–Trinajstić information content (AvgIpc) is 2.99. The first-order chi connectivity index (χ1) is 12.0. The fourth-order valence-corrected chi connectivity index (χ4v) is 3.56. The summed E-state index contributed by atoms with van der Waals surface area (Å²) in [4.78, 5) is 23.2. The number of amides is 1. The molecule has 134 valence electrons. The summed E-state index contributed by atoms with van der Waals surface area (Å²) in [6.07, 6.45) is 1.55. The van der Waals surface area contributed by atoms with Crippen molar-refractivity contribution in [2.45, 2.75) is 38.4 Å². The minimum absolute atomic E-state index is 0.0256. The Morgan fingerprint density at radius 3 is 2.60 bits per heavy atom. The van der Waals surface area contributed by atoms with Crippen molar-refractivity contribution >= 4 is 46.0 Å². The third-order valence-corrected chi connectivity index (χ3v) is 5.25. The Morgan fingerprint density at radius 2 is 1.96 bits per heavy atom. The van der Waals surface area contributed by atoms with Crippen LogP contribution in [0.4, 0.5) is 0 Å². The van der Waals surface area contributed by atoms with E-state index < -0.39 is 0 Å². The number of halogens is 1. The van der Waals surface area contributed by atoms with E-state index >= 15 is 0 Å². The molecule has 0 spiro atoms. The highest BCUT2D eigenvalue weighted by atomic mass is 127. The number of carbonyl (C=O) groups is 2. The molecule has 0 aliphatic rings. The smallest absolute Gasteiger partial charge is 0.216 e. The lowest BCUT2D eigenvalue weighted by molar-refractivity contribution is -0.118. The summed E-state index contributed by atoms with van der Waals surface area (Å²) in [5.41, 5.74) is 0.714. The molecule has 25 heavy (non-hydrogen) atoms. The van der Waals surface area contributed by atoms with Crippen LogP contribution in [0.15, 0.2) is 29.4 Å². The van der Waals surface area contributed by atoms with Crippen molar-refractivity contribution < 1.29 is 9.59 Å². The lowest BCUT2D eigenvalue weighted by Gasteiger charge is -2.07. The van der Waals surface area contributed by atoms with Gasteiger partial charge in [0.1, 0.15) is 5.82 Å². The van der Waals surface area contributed by atoms with E-state index in [-0.39, 0.29) is 11.7 Å². The van der Waals surface area contributed by atoms with Gasteiger partial charge >= 0.3 is 0 Å². The Labute approximate surface area is 165 Å². The lowest BCUT2D eigenvalue weighted by atomic mass is 10.2. The SMILES string of the molecule is CCn1c(CCCNC(C)=O)nnc1SCC(=O)c1ccc(I)cc1. The number of nitrogens with one attached hydrogen (secondary N) is 1. The summed E-state index contributed by atoms with van der Waals surface area (Å²) in [5, 5.41) is 12.0. The number of aromatic nitrogens is 3. The molecule has 1 heterocycles. The largest absolute Gasteiger partial charge is 0.356 e. The van der Waals surface area contributed by atoms with E-state index in [0.29, 0.717) is 17.9 Å². The van der Waals surface area contributed by atoms with Gasteiger partial charge in [-0.25, -0.2) is 0 Å². The molecule has 0 radical (unpaired) electrons. The van der Waals surface area contributed by atoms with Crippen molar-refractivity contribution in [1.29, 1.82) is 0 Å². The van der Waals surface area contributed by atoms with Gasteiger partial charge in [-0.1, -0.05) is 23.9 Å². The van der Waals surface area contributed by atoms with Crippen LogP contribution in [0.2, 0.25) is 0 Å². The molecule has 0 saturated carbocycles. The Hall–Kier alpha value is -1.42. The molecule has 1 aromatic carbocycles. The van der Waals surface area contributed by atoms with Gasteiger partial charge in [-0.2, -0.15) is 0 Å². The molecule has 0 saturated heterocycles. The van der Waals surface area contributed by atoms with Gasteiger partial charge in [-0.05, 0) is 48.1 Å². The molecule has 0 bridgehead atoms. The predicted molar refractivity (Wildman–Crippen MR) is 107 cm³/mol. The number of hydrogen-bond donors (Lipinski definition) is 1. The maximum Gasteiger partial charge on any atom is 0.216 e. The van der Waals surface area contributed by atoms with Gasteiger partial charge in [0.25, 0.3) is 0 Å². The van der Waals surface area contributed by atoms with Crippen molar-refractivity contribution in [3.63, 3.8) is 0 Å². The maximum atomic E-state index is 12.3. The zero-order chi connectivity index (χ0) is 18.2. The van der Waals surface area contributed by atoms with Crippen LogP contribution in [-0.2, 0) is 17.8 Å². The minimum Gasteiger partial charge on any atom is -0.356 e. The van der Waals surface area contributed by atoms with Crippen LogP contribution in [0.3, 0.4) is 0 Å². The second kappa shape index (κ2) is 9.91. The highest BCUT2D eigenvalue weighted by Crippen LogP contribution is 2.19. The van der Waals surface area contributed by atoms with E-state index in [9.17, 15) is 9.59 Å². The zero-order valence-electron chi connectivity index (χ0n) is 14.3. The number of ketones is 1. The van der Waals surface area contributed by atoms with Crippen molar-refractivity contribution in [3.8, 4) is 0 Å². The van der Waals surface area contributed by atoms with Crippen LogP contribution in [0.5, 0.6) is 0 Å². The number of thioether (sulfide) groups is 1. The Bertz CT molecular complexity index is 731. The number of benzene rings is 1. The van der Waals surface area contributed by atoms with Gasteiger partial charge in [-0.3, -0.25) is 9.59 Å². The summed E-state index contributed by atoms with van der Waals surface area (Å²) >= 11 is 3.63. The summed E-state index contributed by atoms with van der Waals surface area (Å²) < 4.78 is 3.14. The van der Waals surface area contributed by atoms with Crippen molar-refractivity contribution in [2.24, 2.45) is 0 Å². The minimum atomic E-state index is -0.0256. The van der Waals surface area contributed by atoms with Crippen molar-refractivity contribution in [3.05, 3.63) is 39.2 Å². The quantitative estimate of drug-likeness (QED) is 0.263. The van der Waals surface area contributed by atoms with Gasteiger partial charge in [0, 0.05) is 35.6 Å². The Morgan fingerprint density at radius 1 is 1.24 bits per heavy atom. The van der Waals surface area contributed by atoms with Crippen LogP contribution in [0.25, 0.3) is 0 Å². The van der Waals surface area contributed by atoms with Gasteiger partial charge < -0.3 is 9.88 Å². The zero-order valence-corrected chi connectivity index (χ0v) is 17.3. The first kappa shape index (κ1) is 19.9. The summed E-state index contributed by atoms with van der Waals surface area (Å²) in [6.45, 7) is 4.92. The molecule has 0 aliphatic heterocycles. The Kier molecular flexibility index (Phi) is 7.89. The van der Waals surface area contributed by atoms with E-state index in [1.54, 1.807) is 0 Å². The summed E-state index contributed by atoms with van der Waals surface area (Å²) in [6, 6.07) is 7.56. The second-order valence-corrected chi connectivity index (χ2v) is 7.64. The average molecular weight is 472 g/mol. The normalized spacial score (nSPS) is 10.7. The van der Waals surface area contributed by atoms with Crippen LogP contribution in [0.1, 0.15) is 36.5 Å². The highest BCUT2D eigenvalue weighted by Gasteiger charge is 2.14. The van der Waals surface area contributed by atoms with Gasteiger partial charge in [0.05, 0.1) is 5.75 Å². The molecule has 1 aromatic heterocycles. The summed E-state index contributed by atoms with van der Waals surface area (Å²) in [5.74, 6) is 1.28. The molecular weight excluding hydrogens is 451 g/mol. The number of rotatable bonds is 9. The molecule has 0 atom stereocenters. The summed E-state index contributed by atoms with van der Waals surface area (Å²) in [7, 11) is 0. The third-order valence-electron chi connectivity index (χ3n) is 3.56. The molecule has 6 nitrogen and oxygen atoms in total. The number of nitrogens with zero attached hydrogens (tertiary/aromatic N) is 3. The first-order valence-corrected chi connectivity index (χ1v) is 10.2. The van der Waals surface area contributed by atoms with Crippen LogP contribution in [-0.4, -0.2) is 38.8 Å². The fraction of sp³-hybridized carbons (Fsp3) is 0.412. The first-order valence-electron chi connectivity index (χ1n) is 8.09. The van der Waals surface area contributed by atoms with Crippen molar-refractivity contribution in [2.75, 3.05) is 12.3 Å². The van der Waals surface area contributed by atoms with Crippen molar-refractivity contribution in [1.82, 2.24) is 20.1 Å². The molecule has 0 aliphatic carbocycles. The maximum absolute atomic E-state index is 12.3. The second-order valence-electron chi connectivity index (χ2n) is 5.45. The van der Waals surface area contributed by atoms with E-state index in [1.807, 2.05) is 35.8 Å². The molecule has 0 unspecified atom stereocenters. The molecule has 0 fully saturated rings. The Balaban J connectivity index is 1.92. The lowest BCUT2D eigenvalue weighted by Crippen LogP contribution is -2.21. The highest BCUT2D eigenvalue weighted by molar-refractivity contribution is 14.1. The molecule has 1 amide bonds. The van der Waals surface area contributed by atoms with Gasteiger partial charge in [0.2, 0.25) is 5.91 Å². The van der Waals surface area contributed by atoms with Gasteiger partial charge in [-0.15, -0.1) is 10.2 Å². The van der Waals surface area contributed by atoms with Crippen LogP contribution >= 0.6 is 34.4 Å². The van der Waals surface area contributed by atoms with Gasteiger partial charge in [0.15, 0.2) is 10.9 Å². The van der Waals surface area contributed by atoms with Crippen LogP contribution in [0, 0.1) is 3.57 Å². The molecule has 2 rings (SSSR count). The van der Waals surface area contributed by atoms with E-state index in [0.717, 1.165) is 33.9 Å². The predicted octanol–water partition coefficient (Wildman–Crippen LogP) is 2.95. The number of Topliss-reactive ketones (excluding diaryl/α,β-unsaturated/α-hetero) is 1. The monoisotopic (exact) mass is 472 g/mol. The number of aryl methyl sites for hydroxylation is 1. The van der Waals surface area contributed by atoms with E-state index in [1.165, 1.54) is 18.7 Å². The molecule has 2 aromatic rings. The molecular formula is C17H21IN4O2S.